The summed E-state index contributed by atoms with van der Waals surface area (Å²) in [4.78, 5) is 17.5. The summed E-state index contributed by atoms with van der Waals surface area (Å²) in [5, 5.41) is 2.64. The molecule has 0 radical (unpaired) electrons. The Balaban J connectivity index is 1.29. The van der Waals surface area contributed by atoms with Crippen molar-refractivity contribution in [1.29, 1.82) is 0 Å². The smallest absolute Gasteiger partial charge is 0.254 e. The van der Waals surface area contributed by atoms with Crippen LogP contribution in [0.25, 0.3) is 10.8 Å². The standard InChI is InChI=1S/C30H28ClN3O4S/c1-38-23-8-2-7-21(19-23)30(35)34-17-15-33(16-18-34)29-26-10-4-6-20-5-3-9-25(27(20)26)28(29)32-39(36,37)24-13-11-22(31)12-14-24/h2-14,19,28-29,32H,15-18H2,1H3/t28-,29+/m1/s1. The van der Waals surface area contributed by atoms with Crippen LogP contribution in [0.3, 0.4) is 0 Å². The first kappa shape index (κ1) is 25.8. The lowest BCUT2D eigenvalue weighted by Crippen LogP contribution is -2.51. The monoisotopic (exact) mass is 561 g/mol. The van der Waals surface area contributed by atoms with Crippen molar-refractivity contribution in [3.63, 3.8) is 0 Å². The normalized spacial score (nSPS) is 19.4. The first-order chi connectivity index (χ1) is 18.9. The van der Waals surface area contributed by atoms with Crippen LogP contribution in [0.5, 0.6) is 5.75 Å². The molecule has 200 valence electrons. The van der Waals surface area contributed by atoms with Gasteiger partial charge in [0.1, 0.15) is 5.75 Å². The molecule has 1 aliphatic heterocycles. The van der Waals surface area contributed by atoms with E-state index in [1.54, 1.807) is 31.4 Å². The minimum absolute atomic E-state index is 0.0367. The van der Waals surface area contributed by atoms with E-state index in [4.69, 9.17) is 16.3 Å². The molecule has 6 rings (SSSR count). The first-order valence-electron chi connectivity index (χ1n) is 12.8. The molecular formula is C30H28ClN3O4S. The minimum Gasteiger partial charge on any atom is -0.497 e. The number of hydrogen-bond acceptors (Lipinski definition) is 5. The van der Waals surface area contributed by atoms with Gasteiger partial charge >= 0.3 is 0 Å². The largest absolute Gasteiger partial charge is 0.497 e. The van der Waals surface area contributed by atoms with Crippen LogP contribution in [-0.4, -0.2) is 57.4 Å². The maximum atomic E-state index is 13.5. The predicted octanol–water partition coefficient (Wildman–Crippen LogP) is 5.03. The van der Waals surface area contributed by atoms with E-state index in [1.807, 2.05) is 35.2 Å². The van der Waals surface area contributed by atoms with Gasteiger partial charge in [0.05, 0.1) is 24.1 Å². The van der Waals surface area contributed by atoms with E-state index in [9.17, 15) is 13.2 Å². The molecule has 0 saturated carbocycles. The molecule has 2 aliphatic rings. The fourth-order valence-electron chi connectivity index (χ4n) is 5.78. The molecule has 39 heavy (non-hydrogen) atoms. The Morgan fingerprint density at radius 3 is 2.26 bits per heavy atom. The lowest BCUT2D eigenvalue weighted by atomic mass is 10.0. The van der Waals surface area contributed by atoms with Crippen molar-refractivity contribution >= 4 is 38.3 Å². The van der Waals surface area contributed by atoms with E-state index in [0.29, 0.717) is 42.5 Å². The van der Waals surface area contributed by atoms with Gasteiger partial charge in [0, 0.05) is 36.8 Å². The summed E-state index contributed by atoms with van der Waals surface area (Å²) in [6.45, 7) is 2.30. The predicted molar refractivity (Wildman–Crippen MR) is 152 cm³/mol. The van der Waals surface area contributed by atoms with E-state index in [1.165, 1.54) is 12.1 Å². The fourth-order valence-corrected chi connectivity index (χ4v) is 7.13. The van der Waals surface area contributed by atoms with E-state index in [2.05, 4.69) is 27.8 Å². The molecule has 0 aromatic heterocycles. The molecule has 0 unspecified atom stereocenters. The zero-order valence-electron chi connectivity index (χ0n) is 21.4. The zero-order valence-corrected chi connectivity index (χ0v) is 23.0. The SMILES string of the molecule is COc1cccc(C(=O)N2CCN([C@H]3c4cccc5cccc(c45)[C@H]3NS(=O)(=O)c3ccc(Cl)cc3)CC2)c1. The second kappa shape index (κ2) is 10.3. The van der Waals surface area contributed by atoms with Crippen molar-refractivity contribution in [2.45, 2.75) is 17.0 Å². The third-order valence-corrected chi connectivity index (χ3v) is 9.37. The number of carbonyl (C=O) groups excluding carboxylic acids is 1. The Kier molecular flexibility index (Phi) is 6.81. The maximum absolute atomic E-state index is 13.5. The van der Waals surface area contributed by atoms with Crippen molar-refractivity contribution in [3.05, 3.63) is 107 Å². The molecule has 1 saturated heterocycles. The Labute approximate surface area is 233 Å². The van der Waals surface area contributed by atoms with Gasteiger partial charge in [-0.25, -0.2) is 13.1 Å². The average Bonchev–Trinajstić information content (AvgIpc) is 3.27. The van der Waals surface area contributed by atoms with Crippen LogP contribution in [0.15, 0.2) is 89.8 Å². The van der Waals surface area contributed by atoms with Crippen LogP contribution in [-0.2, 0) is 10.0 Å². The number of sulfonamides is 1. The molecule has 0 spiro atoms. The number of benzene rings is 4. The molecular weight excluding hydrogens is 534 g/mol. The van der Waals surface area contributed by atoms with Crippen LogP contribution in [0.4, 0.5) is 0 Å². The van der Waals surface area contributed by atoms with Gasteiger partial charge in [-0.3, -0.25) is 9.69 Å². The first-order valence-corrected chi connectivity index (χ1v) is 14.7. The van der Waals surface area contributed by atoms with Gasteiger partial charge in [-0.15, -0.1) is 0 Å². The fraction of sp³-hybridized carbons (Fsp3) is 0.233. The van der Waals surface area contributed by atoms with Crippen molar-refractivity contribution in [1.82, 2.24) is 14.5 Å². The third-order valence-electron chi connectivity index (χ3n) is 7.66. The van der Waals surface area contributed by atoms with Crippen molar-refractivity contribution in [2.75, 3.05) is 33.3 Å². The topological polar surface area (TPSA) is 79.0 Å². The second-order valence-corrected chi connectivity index (χ2v) is 12.0. The molecule has 1 heterocycles. The molecule has 1 fully saturated rings. The highest BCUT2D eigenvalue weighted by molar-refractivity contribution is 7.89. The molecule has 9 heteroatoms. The van der Waals surface area contributed by atoms with E-state index >= 15 is 0 Å². The zero-order chi connectivity index (χ0) is 27.1. The van der Waals surface area contributed by atoms with Gasteiger partial charge in [0.25, 0.3) is 5.91 Å². The van der Waals surface area contributed by atoms with Crippen LogP contribution in [0.1, 0.15) is 33.6 Å². The lowest BCUT2D eigenvalue weighted by molar-refractivity contribution is 0.0539. The highest BCUT2D eigenvalue weighted by atomic mass is 35.5. The van der Waals surface area contributed by atoms with Gasteiger partial charge in [0.2, 0.25) is 10.0 Å². The number of carbonyl (C=O) groups is 1. The van der Waals surface area contributed by atoms with Crippen LogP contribution in [0, 0.1) is 0 Å². The van der Waals surface area contributed by atoms with Crippen molar-refractivity contribution < 1.29 is 17.9 Å². The van der Waals surface area contributed by atoms with Crippen LogP contribution < -0.4 is 9.46 Å². The molecule has 7 nitrogen and oxygen atoms in total. The van der Waals surface area contributed by atoms with Crippen molar-refractivity contribution in [2.24, 2.45) is 0 Å². The number of ether oxygens (including phenoxy) is 1. The van der Waals surface area contributed by atoms with Gasteiger partial charge < -0.3 is 9.64 Å². The number of nitrogens with zero attached hydrogens (tertiary/aromatic N) is 2. The molecule has 4 aromatic rings. The lowest BCUT2D eigenvalue weighted by Gasteiger charge is -2.40. The Morgan fingerprint density at radius 2 is 1.56 bits per heavy atom. The Morgan fingerprint density at radius 1 is 0.897 bits per heavy atom. The quantitative estimate of drug-likeness (QED) is 0.357. The third kappa shape index (κ3) is 4.78. The number of amides is 1. The highest BCUT2D eigenvalue weighted by Crippen LogP contribution is 2.48. The Hall–Kier alpha value is -3.43. The number of nitrogens with one attached hydrogen (secondary N) is 1. The van der Waals surface area contributed by atoms with E-state index in [-0.39, 0.29) is 16.8 Å². The number of hydrogen-bond donors (Lipinski definition) is 1. The average molecular weight is 562 g/mol. The second-order valence-electron chi connectivity index (χ2n) is 9.85. The molecule has 1 amide bonds. The number of methoxy groups -OCH3 is 1. The Bertz CT molecular complexity index is 1650. The summed E-state index contributed by atoms with van der Waals surface area (Å²) in [5.41, 5.74) is 2.65. The summed E-state index contributed by atoms with van der Waals surface area (Å²) >= 11 is 6.00. The van der Waals surface area contributed by atoms with Gasteiger partial charge in [-0.05, 0) is 64.4 Å². The summed E-state index contributed by atoms with van der Waals surface area (Å²) in [5.74, 6) is 0.609. The summed E-state index contributed by atoms with van der Waals surface area (Å²) in [6.07, 6.45) is 0. The number of piperazine rings is 1. The summed E-state index contributed by atoms with van der Waals surface area (Å²) < 4.78 is 35.3. The van der Waals surface area contributed by atoms with Gasteiger partial charge in [-0.1, -0.05) is 54.1 Å². The van der Waals surface area contributed by atoms with Gasteiger partial charge in [0.15, 0.2) is 0 Å². The summed E-state index contributed by atoms with van der Waals surface area (Å²) in [6, 6.07) is 24.9. The molecule has 2 atom stereocenters. The number of rotatable bonds is 6. The van der Waals surface area contributed by atoms with Crippen LogP contribution >= 0.6 is 11.6 Å². The molecule has 1 N–H and O–H groups in total. The number of halogens is 1. The van der Waals surface area contributed by atoms with E-state index < -0.39 is 16.1 Å². The molecule has 4 aromatic carbocycles. The minimum atomic E-state index is -3.83. The highest BCUT2D eigenvalue weighted by Gasteiger charge is 2.41. The molecule has 1 aliphatic carbocycles. The van der Waals surface area contributed by atoms with Crippen LogP contribution in [0.2, 0.25) is 5.02 Å². The van der Waals surface area contributed by atoms with Gasteiger partial charge in [-0.2, -0.15) is 0 Å². The van der Waals surface area contributed by atoms with E-state index in [0.717, 1.165) is 21.9 Å². The summed E-state index contributed by atoms with van der Waals surface area (Å²) in [7, 11) is -2.24. The van der Waals surface area contributed by atoms with Crippen molar-refractivity contribution in [3.8, 4) is 5.75 Å². The molecule has 0 bridgehead atoms. The maximum Gasteiger partial charge on any atom is 0.254 e.